The molecule has 0 saturated heterocycles. The maximum Gasteiger partial charge on any atom is 0.251 e. The van der Waals surface area contributed by atoms with Crippen LogP contribution < -0.4 is 5.32 Å². The first-order valence-electron chi connectivity index (χ1n) is 6.47. The molecule has 0 atom stereocenters. The molecule has 2 aromatic rings. The van der Waals surface area contributed by atoms with Gasteiger partial charge in [0.25, 0.3) is 5.91 Å². The monoisotopic (exact) mass is 455 g/mol. The second kappa shape index (κ2) is 5.88. The number of amides is 1. The quantitative estimate of drug-likeness (QED) is 0.555. The average molecular weight is 456 g/mol. The number of carbonyl (C=O) groups excluding carboxylic acids is 2. The SMILES string of the molecule is O=C(c1ccc2c(c1)C(=O)NCC2)c1cc(Br)ccc1I. The molecule has 106 valence electrons. The Morgan fingerprint density at radius 2 is 2.00 bits per heavy atom. The fraction of sp³-hybridized carbons (Fsp3) is 0.125. The smallest absolute Gasteiger partial charge is 0.251 e. The van der Waals surface area contributed by atoms with Gasteiger partial charge in [0.15, 0.2) is 5.78 Å². The zero-order valence-corrected chi connectivity index (χ0v) is 14.7. The molecule has 3 nitrogen and oxygen atoms in total. The van der Waals surface area contributed by atoms with Gasteiger partial charge >= 0.3 is 0 Å². The fourth-order valence-corrected chi connectivity index (χ4v) is 3.32. The summed E-state index contributed by atoms with van der Waals surface area (Å²) in [6.07, 6.45) is 0.809. The first-order valence-corrected chi connectivity index (χ1v) is 8.34. The van der Waals surface area contributed by atoms with E-state index in [2.05, 4.69) is 43.8 Å². The third-order valence-corrected chi connectivity index (χ3v) is 4.90. The van der Waals surface area contributed by atoms with E-state index in [0.717, 1.165) is 20.0 Å². The molecular formula is C16H11BrINO2. The molecule has 0 aromatic heterocycles. The number of fused-ring (bicyclic) bond motifs is 1. The third kappa shape index (κ3) is 2.89. The van der Waals surface area contributed by atoms with Gasteiger partial charge in [0.1, 0.15) is 0 Å². The lowest BCUT2D eigenvalue weighted by Crippen LogP contribution is -2.32. The maximum atomic E-state index is 12.7. The highest BCUT2D eigenvalue weighted by molar-refractivity contribution is 14.1. The number of nitrogens with one attached hydrogen (secondary N) is 1. The van der Waals surface area contributed by atoms with E-state index in [9.17, 15) is 9.59 Å². The Balaban J connectivity index is 2.04. The van der Waals surface area contributed by atoms with E-state index < -0.39 is 0 Å². The van der Waals surface area contributed by atoms with E-state index >= 15 is 0 Å². The summed E-state index contributed by atoms with van der Waals surface area (Å²) in [7, 11) is 0. The van der Waals surface area contributed by atoms with Crippen LogP contribution >= 0.6 is 38.5 Å². The lowest BCUT2D eigenvalue weighted by Gasteiger charge is -2.17. The molecule has 1 N–H and O–H groups in total. The van der Waals surface area contributed by atoms with Gasteiger partial charge < -0.3 is 5.32 Å². The molecule has 0 spiro atoms. The van der Waals surface area contributed by atoms with Crippen LogP contribution in [-0.4, -0.2) is 18.2 Å². The van der Waals surface area contributed by atoms with E-state index in [0.29, 0.717) is 23.2 Å². The van der Waals surface area contributed by atoms with Gasteiger partial charge in [-0.25, -0.2) is 0 Å². The van der Waals surface area contributed by atoms with Crippen LogP contribution in [0.4, 0.5) is 0 Å². The Morgan fingerprint density at radius 3 is 2.81 bits per heavy atom. The van der Waals surface area contributed by atoms with Gasteiger partial charge in [0.2, 0.25) is 0 Å². The molecule has 0 saturated carbocycles. The second-order valence-corrected chi connectivity index (χ2v) is 6.91. The largest absolute Gasteiger partial charge is 0.352 e. The minimum absolute atomic E-state index is 0.0677. The van der Waals surface area contributed by atoms with Crippen molar-refractivity contribution in [2.45, 2.75) is 6.42 Å². The average Bonchev–Trinajstić information content (AvgIpc) is 2.49. The molecule has 5 heteroatoms. The first kappa shape index (κ1) is 14.7. The summed E-state index contributed by atoms with van der Waals surface area (Å²) in [5.41, 5.74) is 2.79. The molecule has 1 aliphatic rings. The van der Waals surface area contributed by atoms with E-state index in [4.69, 9.17) is 0 Å². The van der Waals surface area contributed by atoms with Crippen LogP contribution in [0.5, 0.6) is 0 Å². The van der Waals surface area contributed by atoms with Gasteiger partial charge in [-0.15, -0.1) is 0 Å². The van der Waals surface area contributed by atoms with Crippen molar-refractivity contribution >= 4 is 50.2 Å². The standard InChI is InChI=1S/C16H11BrINO2/c17-11-3-4-14(18)13(8-11)15(20)10-2-1-9-5-6-19-16(21)12(9)7-10/h1-4,7-8H,5-6H2,(H,19,21). The zero-order chi connectivity index (χ0) is 15.0. The fourth-order valence-electron chi connectivity index (χ4n) is 2.38. The van der Waals surface area contributed by atoms with Crippen LogP contribution in [0.15, 0.2) is 40.9 Å². The summed E-state index contributed by atoms with van der Waals surface area (Å²) < 4.78 is 1.75. The Morgan fingerprint density at radius 1 is 1.19 bits per heavy atom. The van der Waals surface area contributed by atoms with Crippen LogP contribution in [0.2, 0.25) is 0 Å². The Bertz CT molecular complexity index is 758. The highest BCUT2D eigenvalue weighted by atomic mass is 127. The predicted molar refractivity (Wildman–Crippen MR) is 92.8 cm³/mol. The van der Waals surface area contributed by atoms with Crippen LogP contribution in [0.3, 0.4) is 0 Å². The lowest BCUT2D eigenvalue weighted by molar-refractivity contribution is 0.0946. The Kier molecular flexibility index (Phi) is 4.12. The summed E-state index contributed by atoms with van der Waals surface area (Å²) in [6, 6.07) is 11.0. The molecular weight excluding hydrogens is 445 g/mol. The number of hydrogen-bond donors (Lipinski definition) is 1. The lowest BCUT2D eigenvalue weighted by atomic mass is 9.94. The molecule has 1 amide bonds. The normalized spacial score (nSPS) is 13.5. The second-order valence-electron chi connectivity index (χ2n) is 4.83. The van der Waals surface area contributed by atoms with Crippen LogP contribution in [0.1, 0.15) is 31.8 Å². The van der Waals surface area contributed by atoms with Gasteiger partial charge in [-0.1, -0.05) is 28.1 Å². The molecule has 3 rings (SSSR count). The predicted octanol–water partition coefficient (Wildman–Crippen LogP) is 3.57. The minimum atomic E-state index is -0.102. The summed E-state index contributed by atoms with van der Waals surface area (Å²) in [5, 5.41) is 2.81. The van der Waals surface area contributed by atoms with E-state index in [-0.39, 0.29) is 11.7 Å². The molecule has 0 radical (unpaired) electrons. The van der Waals surface area contributed by atoms with Crippen LogP contribution in [-0.2, 0) is 6.42 Å². The zero-order valence-electron chi connectivity index (χ0n) is 11.0. The highest BCUT2D eigenvalue weighted by Gasteiger charge is 2.20. The molecule has 0 aliphatic carbocycles. The highest BCUT2D eigenvalue weighted by Crippen LogP contribution is 2.23. The summed E-state index contributed by atoms with van der Waals surface area (Å²) in [4.78, 5) is 24.5. The van der Waals surface area contributed by atoms with Gasteiger partial charge in [0.05, 0.1) is 0 Å². The molecule has 1 heterocycles. The number of rotatable bonds is 2. The van der Waals surface area contributed by atoms with Gasteiger partial charge in [-0.05, 0) is 58.8 Å². The topological polar surface area (TPSA) is 46.2 Å². The minimum Gasteiger partial charge on any atom is -0.352 e. The van der Waals surface area contributed by atoms with E-state index in [1.807, 2.05) is 24.3 Å². The van der Waals surface area contributed by atoms with Crippen molar-refractivity contribution in [3.8, 4) is 0 Å². The van der Waals surface area contributed by atoms with Crippen molar-refractivity contribution in [2.75, 3.05) is 6.54 Å². The van der Waals surface area contributed by atoms with Crippen molar-refractivity contribution in [2.24, 2.45) is 0 Å². The summed E-state index contributed by atoms with van der Waals surface area (Å²) >= 11 is 5.53. The Labute approximate surface area is 144 Å². The van der Waals surface area contributed by atoms with Crippen LogP contribution in [0, 0.1) is 3.57 Å². The third-order valence-electron chi connectivity index (χ3n) is 3.47. The molecule has 0 fully saturated rings. The van der Waals surface area contributed by atoms with Crippen molar-refractivity contribution in [3.05, 3.63) is 66.7 Å². The van der Waals surface area contributed by atoms with Gasteiger partial charge in [-0.2, -0.15) is 0 Å². The molecule has 1 aliphatic heterocycles. The van der Waals surface area contributed by atoms with E-state index in [1.54, 1.807) is 12.1 Å². The molecule has 0 unspecified atom stereocenters. The first-order chi connectivity index (χ1) is 10.1. The van der Waals surface area contributed by atoms with Crippen molar-refractivity contribution in [1.82, 2.24) is 5.32 Å². The number of hydrogen-bond acceptors (Lipinski definition) is 2. The number of ketones is 1. The maximum absolute atomic E-state index is 12.7. The Hall–Kier alpha value is -1.21. The van der Waals surface area contributed by atoms with Crippen molar-refractivity contribution in [3.63, 3.8) is 0 Å². The number of benzene rings is 2. The van der Waals surface area contributed by atoms with Crippen molar-refractivity contribution in [1.29, 1.82) is 0 Å². The molecule has 21 heavy (non-hydrogen) atoms. The van der Waals surface area contributed by atoms with Crippen molar-refractivity contribution < 1.29 is 9.59 Å². The number of halogens is 2. The number of carbonyl (C=O) groups is 2. The summed E-state index contributed by atoms with van der Waals surface area (Å²) in [6.45, 7) is 0.655. The van der Waals surface area contributed by atoms with Gasteiger partial charge in [0, 0.05) is 31.3 Å². The van der Waals surface area contributed by atoms with Crippen LogP contribution in [0.25, 0.3) is 0 Å². The van der Waals surface area contributed by atoms with Gasteiger partial charge in [-0.3, -0.25) is 9.59 Å². The van der Waals surface area contributed by atoms with E-state index in [1.165, 1.54) is 0 Å². The molecule has 0 bridgehead atoms. The molecule has 2 aromatic carbocycles. The summed E-state index contributed by atoms with van der Waals surface area (Å²) in [5.74, 6) is -0.170.